The van der Waals surface area contributed by atoms with E-state index in [-0.39, 0.29) is 18.0 Å². The van der Waals surface area contributed by atoms with Crippen molar-refractivity contribution in [2.45, 2.75) is 13.0 Å². The fraction of sp³-hybridized carbons (Fsp3) is 0.286. The van der Waals surface area contributed by atoms with Crippen LogP contribution in [0.4, 0.5) is 5.69 Å². The lowest BCUT2D eigenvalue weighted by atomic mass is 9.98. The Morgan fingerprint density at radius 2 is 1.96 bits per heavy atom. The van der Waals surface area contributed by atoms with Gasteiger partial charge in [0.05, 0.1) is 17.6 Å². The first-order chi connectivity index (χ1) is 11.5. The van der Waals surface area contributed by atoms with Crippen molar-refractivity contribution in [1.29, 1.82) is 0 Å². The van der Waals surface area contributed by atoms with E-state index in [2.05, 4.69) is 10.4 Å². The monoisotopic (exact) mass is 350 g/mol. The van der Waals surface area contributed by atoms with Crippen molar-refractivity contribution in [3.8, 4) is 0 Å². The normalized spacial score (nSPS) is 22.5. The summed E-state index contributed by atoms with van der Waals surface area (Å²) in [6.07, 6.45) is 0. The first-order valence-corrected chi connectivity index (χ1v) is 7.39. The van der Waals surface area contributed by atoms with Crippen molar-refractivity contribution < 1.29 is 19.1 Å². The van der Waals surface area contributed by atoms with E-state index in [0.717, 1.165) is 4.90 Å². The van der Waals surface area contributed by atoms with Crippen LogP contribution in [0, 0.1) is 10.8 Å². The van der Waals surface area contributed by atoms with Gasteiger partial charge in [-0.15, -0.1) is 15.1 Å². The van der Waals surface area contributed by atoms with Gasteiger partial charge in [0.15, 0.2) is 11.8 Å². The number of benzene rings is 1. The number of fused-ring (bicyclic) bond motifs is 1. The van der Waals surface area contributed by atoms with Gasteiger partial charge in [0.25, 0.3) is 5.91 Å². The SMILES string of the molecule is CCOC(=O)C1=NN(N=O)[C@H]2C(=O)N(c3ccc(Cl)cc3)C(=O)[C@H]12. The van der Waals surface area contributed by atoms with Gasteiger partial charge in [-0.3, -0.25) is 9.59 Å². The van der Waals surface area contributed by atoms with Crippen LogP contribution in [0.25, 0.3) is 0 Å². The molecule has 2 aliphatic heterocycles. The number of esters is 1. The van der Waals surface area contributed by atoms with Crippen LogP contribution in [-0.2, 0) is 19.1 Å². The van der Waals surface area contributed by atoms with Crippen LogP contribution in [0.3, 0.4) is 0 Å². The molecule has 0 aromatic heterocycles. The molecule has 0 N–H and O–H groups in total. The summed E-state index contributed by atoms with van der Waals surface area (Å²) in [5, 5.41) is 7.24. The van der Waals surface area contributed by atoms with E-state index < -0.39 is 29.7 Å². The highest BCUT2D eigenvalue weighted by molar-refractivity contribution is 6.46. The second-order valence-electron chi connectivity index (χ2n) is 5.02. The molecule has 2 aliphatic rings. The van der Waals surface area contributed by atoms with Crippen molar-refractivity contribution >= 4 is 40.8 Å². The van der Waals surface area contributed by atoms with Gasteiger partial charge in [-0.25, -0.2) is 9.69 Å². The van der Waals surface area contributed by atoms with Crippen molar-refractivity contribution in [3.63, 3.8) is 0 Å². The number of anilines is 1. The maximum absolute atomic E-state index is 12.7. The highest BCUT2D eigenvalue weighted by Gasteiger charge is 2.59. The summed E-state index contributed by atoms with van der Waals surface area (Å²) < 4.78 is 4.83. The average Bonchev–Trinajstić information content (AvgIpc) is 3.07. The molecule has 0 unspecified atom stereocenters. The number of carbonyl (C=O) groups is 3. The molecule has 9 nitrogen and oxygen atoms in total. The molecule has 0 saturated carbocycles. The molecular weight excluding hydrogens is 340 g/mol. The molecule has 24 heavy (non-hydrogen) atoms. The Hall–Kier alpha value is -2.81. The minimum Gasteiger partial charge on any atom is -0.461 e. The number of imide groups is 1. The molecule has 1 fully saturated rings. The molecule has 2 amide bonds. The molecule has 124 valence electrons. The summed E-state index contributed by atoms with van der Waals surface area (Å²) >= 11 is 5.80. The molecule has 0 radical (unpaired) electrons. The molecule has 1 aromatic carbocycles. The fourth-order valence-electron chi connectivity index (χ4n) is 2.68. The summed E-state index contributed by atoms with van der Waals surface area (Å²) in [7, 11) is 0. The van der Waals surface area contributed by atoms with Crippen molar-refractivity contribution in [3.05, 3.63) is 34.2 Å². The Bertz CT molecular complexity index is 763. The zero-order valence-corrected chi connectivity index (χ0v) is 13.1. The van der Waals surface area contributed by atoms with Gasteiger partial charge in [-0.05, 0) is 31.2 Å². The molecule has 1 aromatic rings. The number of hydrogen-bond acceptors (Lipinski definition) is 7. The summed E-state index contributed by atoms with van der Waals surface area (Å²) in [4.78, 5) is 49.0. The molecule has 2 heterocycles. The first-order valence-electron chi connectivity index (χ1n) is 7.01. The van der Waals surface area contributed by atoms with E-state index in [1.807, 2.05) is 0 Å². The average molecular weight is 351 g/mol. The number of nitroso groups, excluding NO2 is 1. The third kappa shape index (κ3) is 2.33. The van der Waals surface area contributed by atoms with Gasteiger partial charge in [-0.1, -0.05) is 11.6 Å². The number of carbonyl (C=O) groups excluding carboxylic acids is 3. The van der Waals surface area contributed by atoms with Crippen LogP contribution in [-0.4, -0.2) is 41.3 Å². The molecule has 1 saturated heterocycles. The number of halogens is 1. The number of rotatable bonds is 4. The van der Waals surface area contributed by atoms with Crippen molar-refractivity contribution in [1.82, 2.24) is 5.12 Å². The summed E-state index contributed by atoms with van der Waals surface area (Å²) in [5.41, 5.74) is -0.0332. The van der Waals surface area contributed by atoms with Gasteiger partial charge >= 0.3 is 5.97 Å². The highest BCUT2D eigenvalue weighted by Crippen LogP contribution is 2.35. The van der Waals surface area contributed by atoms with Crippen LogP contribution in [0.2, 0.25) is 5.02 Å². The number of ether oxygens (including phenoxy) is 1. The quantitative estimate of drug-likeness (QED) is 0.457. The van der Waals surface area contributed by atoms with Gasteiger partial charge in [0.2, 0.25) is 5.91 Å². The number of nitrogens with zero attached hydrogens (tertiary/aromatic N) is 4. The van der Waals surface area contributed by atoms with Gasteiger partial charge < -0.3 is 4.74 Å². The zero-order valence-electron chi connectivity index (χ0n) is 12.4. The summed E-state index contributed by atoms with van der Waals surface area (Å²) in [6, 6.07) is 4.71. The van der Waals surface area contributed by atoms with Crippen LogP contribution < -0.4 is 4.90 Å². The number of hydrogen-bond donors (Lipinski definition) is 0. The summed E-state index contributed by atoms with van der Waals surface area (Å²) in [5.74, 6) is -3.47. The Morgan fingerprint density at radius 3 is 2.54 bits per heavy atom. The lowest BCUT2D eigenvalue weighted by Gasteiger charge is -2.16. The largest absolute Gasteiger partial charge is 0.461 e. The van der Waals surface area contributed by atoms with E-state index >= 15 is 0 Å². The number of hydrazone groups is 1. The highest BCUT2D eigenvalue weighted by atomic mass is 35.5. The lowest BCUT2D eigenvalue weighted by molar-refractivity contribution is -0.136. The Kier molecular flexibility index (Phi) is 4.02. The summed E-state index contributed by atoms with van der Waals surface area (Å²) in [6.45, 7) is 1.65. The smallest absolute Gasteiger partial charge is 0.355 e. The number of amides is 2. The predicted molar refractivity (Wildman–Crippen MR) is 82.9 cm³/mol. The third-order valence-electron chi connectivity index (χ3n) is 3.68. The van der Waals surface area contributed by atoms with E-state index in [0.29, 0.717) is 10.1 Å². The molecule has 0 aliphatic carbocycles. The fourth-order valence-corrected chi connectivity index (χ4v) is 2.80. The lowest BCUT2D eigenvalue weighted by Crippen LogP contribution is -2.36. The maximum Gasteiger partial charge on any atom is 0.355 e. The zero-order chi connectivity index (χ0) is 17.4. The van der Waals surface area contributed by atoms with E-state index in [4.69, 9.17) is 16.3 Å². The van der Waals surface area contributed by atoms with Crippen molar-refractivity contribution in [2.24, 2.45) is 16.3 Å². The second kappa shape index (κ2) is 6.00. The minimum atomic E-state index is -1.29. The molecule has 0 bridgehead atoms. The van der Waals surface area contributed by atoms with E-state index in [1.54, 1.807) is 6.92 Å². The third-order valence-corrected chi connectivity index (χ3v) is 3.93. The molecule has 0 spiro atoms. The van der Waals surface area contributed by atoms with Gasteiger partial charge in [0, 0.05) is 5.02 Å². The Morgan fingerprint density at radius 1 is 1.29 bits per heavy atom. The Labute approximate surface area is 140 Å². The van der Waals surface area contributed by atoms with Gasteiger partial charge in [0.1, 0.15) is 5.92 Å². The van der Waals surface area contributed by atoms with Crippen molar-refractivity contribution in [2.75, 3.05) is 11.5 Å². The van der Waals surface area contributed by atoms with Crippen LogP contribution >= 0.6 is 11.6 Å². The van der Waals surface area contributed by atoms with E-state index in [9.17, 15) is 19.3 Å². The molecule has 10 heteroatoms. The standard InChI is InChI=1S/C14H11ClN4O5/c1-2-24-14(22)10-9-11(19(16-10)17-23)13(21)18(12(9)20)8-5-3-7(15)4-6-8/h3-6,9,11H,2H2,1H3/t9-,11-/m1/s1. The van der Waals surface area contributed by atoms with Crippen LogP contribution in [0.1, 0.15) is 6.92 Å². The van der Waals surface area contributed by atoms with Crippen LogP contribution in [0.5, 0.6) is 0 Å². The molecule has 2 atom stereocenters. The molecule has 3 rings (SSSR count). The van der Waals surface area contributed by atoms with Gasteiger partial charge in [-0.2, -0.15) is 0 Å². The second-order valence-corrected chi connectivity index (χ2v) is 5.45. The predicted octanol–water partition coefficient (Wildman–Crippen LogP) is 1.11. The Balaban J connectivity index is 2.00. The van der Waals surface area contributed by atoms with Crippen LogP contribution in [0.15, 0.2) is 34.7 Å². The topological polar surface area (TPSA) is 109 Å². The minimum absolute atomic E-state index is 0.0623. The van der Waals surface area contributed by atoms with E-state index in [1.165, 1.54) is 24.3 Å². The molecular formula is C14H11ClN4O5. The maximum atomic E-state index is 12.7. The first kappa shape index (κ1) is 16.1.